The molecule has 0 atom stereocenters. The van der Waals surface area contributed by atoms with E-state index in [1.54, 1.807) is 12.3 Å². The summed E-state index contributed by atoms with van der Waals surface area (Å²) in [6, 6.07) is 13.8. The molecule has 0 unspecified atom stereocenters. The Labute approximate surface area is 162 Å². The molecule has 2 amide bonds. The van der Waals surface area contributed by atoms with Gasteiger partial charge in [-0.05, 0) is 17.0 Å². The van der Waals surface area contributed by atoms with Crippen molar-refractivity contribution in [3.63, 3.8) is 0 Å². The summed E-state index contributed by atoms with van der Waals surface area (Å²) in [4.78, 5) is 28.8. The first-order chi connectivity index (χ1) is 13.2. The van der Waals surface area contributed by atoms with Gasteiger partial charge in [-0.1, -0.05) is 36.4 Å². The van der Waals surface area contributed by atoms with E-state index in [0.29, 0.717) is 24.4 Å². The Morgan fingerprint density at radius 2 is 1.89 bits per heavy atom. The number of hydrogen-bond donors (Lipinski definition) is 2. The summed E-state index contributed by atoms with van der Waals surface area (Å²) < 4.78 is 2.09. The monoisotopic (exact) mass is 382 g/mol. The molecule has 3 rings (SSSR count). The lowest BCUT2D eigenvalue weighted by molar-refractivity contribution is -0.120. The van der Waals surface area contributed by atoms with E-state index >= 15 is 0 Å². The molecular weight excluding hydrogens is 360 g/mol. The van der Waals surface area contributed by atoms with Crippen LogP contribution in [0.15, 0.2) is 60.2 Å². The highest BCUT2D eigenvalue weighted by Gasteiger charge is 2.08. The molecule has 0 radical (unpaired) electrons. The smallest absolute Gasteiger partial charge is 0.261 e. The van der Waals surface area contributed by atoms with Gasteiger partial charge in [0.15, 0.2) is 0 Å². The minimum Gasteiger partial charge on any atom is -0.356 e. The van der Waals surface area contributed by atoms with E-state index < -0.39 is 0 Å². The van der Waals surface area contributed by atoms with Crippen LogP contribution in [0.1, 0.15) is 27.5 Å². The number of aromatic nitrogens is 2. The van der Waals surface area contributed by atoms with Crippen molar-refractivity contribution in [2.24, 2.45) is 0 Å². The Balaban J connectivity index is 1.37. The number of thiophene rings is 1. The zero-order valence-electron chi connectivity index (χ0n) is 14.9. The third-order valence-corrected chi connectivity index (χ3v) is 4.92. The van der Waals surface area contributed by atoms with E-state index in [-0.39, 0.29) is 18.2 Å². The third-order valence-electron chi connectivity index (χ3n) is 4.05. The highest BCUT2D eigenvalue weighted by atomic mass is 32.1. The Morgan fingerprint density at radius 3 is 2.67 bits per heavy atom. The summed E-state index contributed by atoms with van der Waals surface area (Å²) >= 11 is 1.38. The Bertz CT molecular complexity index is 859. The van der Waals surface area contributed by atoms with Crippen molar-refractivity contribution < 1.29 is 9.59 Å². The first-order valence-electron chi connectivity index (χ1n) is 8.85. The maximum Gasteiger partial charge on any atom is 0.261 e. The lowest BCUT2D eigenvalue weighted by atomic mass is 10.2. The predicted molar refractivity (Wildman–Crippen MR) is 106 cm³/mol. The van der Waals surface area contributed by atoms with Gasteiger partial charge < -0.3 is 15.2 Å². The highest BCUT2D eigenvalue weighted by molar-refractivity contribution is 7.12. The zero-order chi connectivity index (χ0) is 18.9. The number of imidazole rings is 1. The number of rotatable bonds is 9. The van der Waals surface area contributed by atoms with Gasteiger partial charge in [0.2, 0.25) is 5.91 Å². The summed E-state index contributed by atoms with van der Waals surface area (Å²) in [5, 5.41) is 7.48. The number of hydrogen-bond acceptors (Lipinski definition) is 4. The van der Waals surface area contributed by atoms with Crippen LogP contribution < -0.4 is 10.6 Å². The van der Waals surface area contributed by atoms with E-state index in [1.165, 1.54) is 16.9 Å². The number of nitrogens with one attached hydrogen (secondary N) is 2. The standard InChI is InChI=1S/C20H22N4O2S/c25-19(9-11-23-20(26)17-7-4-14-27-17)22-10-8-18-21-12-13-24(18)15-16-5-2-1-3-6-16/h1-7,12-14H,8-11,15H2,(H,22,25)(H,23,26). The number of carbonyl (C=O) groups excluding carboxylic acids is 2. The minimum atomic E-state index is -0.138. The lowest BCUT2D eigenvalue weighted by Crippen LogP contribution is -2.31. The van der Waals surface area contributed by atoms with E-state index in [9.17, 15) is 9.59 Å². The summed E-state index contributed by atoms with van der Waals surface area (Å²) in [6.45, 7) is 1.60. The molecule has 140 valence electrons. The van der Waals surface area contributed by atoms with Crippen molar-refractivity contribution >= 4 is 23.2 Å². The molecule has 6 nitrogen and oxygen atoms in total. The van der Waals surface area contributed by atoms with Crippen LogP contribution in [0.2, 0.25) is 0 Å². The quantitative estimate of drug-likeness (QED) is 0.597. The van der Waals surface area contributed by atoms with Crippen LogP contribution in [-0.2, 0) is 17.8 Å². The second kappa shape index (κ2) is 9.68. The highest BCUT2D eigenvalue weighted by Crippen LogP contribution is 2.08. The number of carbonyl (C=O) groups is 2. The summed E-state index contributed by atoms with van der Waals surface area (Å²) in [6.07, 6.45) is 4.65. The largest absolute Gasteiger partial charge is 0.356 e. The molecule has 2 aromatic heterocycles. The lowest BCUT2D eigenvalue weighted by Gasteiger charge is -2.09. The fourth-order valence-corrected chi connectivity index (χ4v) is 3.32. The van der Waals surface area contributed by atoms with Crippen LogP contribution in [0.3, 0.4) is 0 Å². The molecule has 0 aliphatic carbocycles. The Hall–Kier alpha value is -2.93. The molecule has 3 aromatic rings. The van der Waals surface area contributed by atoms with Crippen LogP contribution in [0.25, 0.3) is 0 Å². The average Bonchev–Trinajstić information content (AvgIpc) is 3.35. The third kappa shape index (κ3) is 5.79. The van der Waals surface area contributed by atoms with Gasteiger partial charge in [0.05, 0.1) is 4.88 Å². The van der Waals surface area contributed by atoms with Gasteiger partial charge in [0, 0.05) is 44.9 Å². The first-order valence-corrected chi connectivity index (χ1v) is 9.72. The van der Waals surface area contributed by atoms with Crippen LogP contribution in [0.5, 0.6) is 0 Å². The first kappa shape index (κ1) is 18.8. The second-order valence-electron chi connectivity index (χ2n) is 6.04. The van der Waals surface area contributed by atoms with E-state index in [1.807, 2.05) is 35.8 Å². The summed E-state index contributed by atoms with van der Waals surface area (Å²) in [7, 11) is 0. The molecule has 2 N–H and O–H groups in total. The fraction of sp³-hybridized carbons (Fsp3) is 0.250. The predicted octanol–water partition coefficient (Wildman–Crippen LogP) is 2.47. The van der Waals surface area contributed by atoms with Crippen molar-refractivity contribution in [3.8, 4) is 0 Å². The molecule has 0 bridgehead atoms. The van der Waals surface area contributed by atoms with E-state index in [0.717, 1.165) is 12.4 Å². The molecule has 1 aromatic carbocycles. The van der Waals surface area contributed by atoms with Crippen molar-refractivity contribution in [1.29, 1.82) is 0 Å². The molecule has 0 fully saturated rings. The van der Waals surface area contributed by atoms with Gasteiger partial charge in [-0.25, -0.2) is 4.98 Å². The normalized spacial score (nSPS) is 10.5. The van der Waals surface area contributed by atoms with Crippen molar-refractivity contribution in [1.82, 2.24) is 20.2 Å². The molecule has 0 aliphatic heterocycles. The second-order valence-corrected chi connectivity index (χ2v) is 6.99. The molecule has 0 spiro atoms. The van der Waals surface area contributed by atoms with Crippen molar-refractivity contribution in [3.05, 3.63) is 76.5 Å². The number of amides is 2. The summed E-state index contributed by atoms with van der Waals surface area (Å²) in [5.74, 6) is 0.716. The van der Waals surface area contributed by atoms with E-state index in [2.05, 4.69) is 32.3 Å². The van der Waals surface area contributed by atoms with Crippen LogP contribution in [-0.4, -0.2) is 34.5 Å². The average molecular weight is 382 g/mol. The van der Waals surface area contributed by atoms with Crippen LogP contribution in [0, 0.1) is 0 Å². The Morgan fingerprint density at radius 1 is 1.04 bits per heavy atom. The van der Waals surface area contributed by atoms with Gasteiger partial charge in [-0.15, -0.1) is 11.3 Å². The molecule has 0 saturated carbocycles. The number of benzene rings is 1. The van der Waals surface area contributed by atoms with E-state index in [4.69, 9.17) is 0 Å². The maximum atomic E-state index is 11.9. The molecule has 7 heteroatoms. The molecule has 0 saturated heterocycles. The Kier molecular flexibility index (Phi) is 6.76. The molecule has 0 aliphatic rings. The SMILES string of the molecule is O=C(CCNC(=O)c1cccs1)NCCc1nccn1Cc1ccccc1. The summed E-state index contributed by atoms with van der Waals surface area (Å²) in [5.41, 5.74) is 1.21. The topological polar surface area (TPSA) is 76.0 Å². The molecular formula is C20H22N4O2S. The molecule has 2 heterocycles. The van der Waals surface area contributed by atoms with Crippen LogP contribution >= 0.6 is 11.3 Å². The zero-order valence-corrected chi connectivity index (χ0v) is 15.7. The van der Waals surface area contributed by atoms with Gasteiger partial charge in [0.1, 0.15) is 5.82 Å². The van der Waals surface area contributed by atoms with Crippen molar-refractivity contribution in [2.45, 2.75) is 19.4 Å². The van der Waals surface area contributed by atoms with Gasteiger partial charge >= 0.3 is 0 Å². The van der Waals surface area contributed by atoms with Gasteiger partial charge in [-0.3, -0.25) is 9.59 Å². The van der Waals surface area contributed by atoms with Crippen molar-refractivity contribution in [2.75, 3.05) is 13.1 Å². The van der Waals surface area contributed by atoms with Gasteiger partial charge in [-0.2, -0.15) is 0 Å². The van der Waals surface area contributed by atoms with Gasteiger partial charge in [0.25, 0.3) is 5.91 Å². The number of nitrogens with zero attached hydrogens (tertiary/aromatic N) is 2. The molecule has 27 heavy (non-hydrogen) atoms. The van der Waals surface area contributed by atoms with Crippen LogP contribution in [0.4, 0.5) is 0 Å². The maximum absolute atomic E-state index is 11.9. The fourth-order valence-electron chi connectivity index (χ4n) is 2.68. The minimum absolute atomic E-state index is 0.0809.